The molecule has 1 rings (SSSR count). The summed E-state index contributed by atoms with van der Waals surface area (Å²) in [4.78, 5) is 12.7. The van der Waals surface area contributed by atoms with Crippen molar-refractivity contribution < 1.29 is 9.53 Å². The quantitative estimate of drug-likeness (QED) is 0.669. The summed E-state index contributed by atoms with van der Waals surface area (Å²) in [5, 5.41) is 0. The summed E-state index contributed by atoms with van der Waals surface area (Å²) < 4.78 is 5.12. The maximum atomic E-state index is 11.1. The SMILES string of the molecule is COC1=CC=C(N(C)C(C)=O)C=CC1. The number of carbonyl (C=O) groups is 1. The molecule has 0 radical (unpaired) electrons. The fraction of sp³-hybridized carbons (Fsp3) is 0.364. The van der Waals surface area contributed by atoms with Gasteiger partial charge in [-0.15, -0.1) is 0 Å². The average molecular weight is 193 g/mol. The first-order valence-corrected chi connectivity index (χ1v) is 4.51. The number of rotatable bonds is 2. The number of hydrogen-bond acceptors (Lipinski definition) is 2. The zero-order chi connectivity index (χ0) is 10.6. The van der Waals surface area contributed by atoms with Crippen LogP contribution >= 0.6 is 0 Å². The standard InChI is InChI=1S/C11H15NO2/c1-9(13)12(2)10-5-4-6-11(14-3)8-7-10/h4-5,7-8H,6H2,1-3H3. The van der Waals surface area contributed by atoms with Crippen LogP contribution in [0, 0.1) is 0 Å². The molecule has 0 heterocycles. The molecule has 3 nitrogen and oxygen atoms in total. The van der Waals surface area contributed by atoms with Gasteiger partial charge in [-0.05, 0) is 18.2 Å². The van der Waals surface area contributed by atoms with Crippen molar-refractivity contribution in [3.63, 3.8) is 0 Å². The molecular formula is C11H15NO2. The first-order chi connectivity index (χ1) is 6.65. The van der Waals surface area contributed by atoms with Gasteiger partial charge >= 0.3 is 0 Å². The third-order valence-corrected chi connectivity index (χ3v) is 2.17. The van der Waals surface area contributed by atoms with Crippen LogP contribution < -0.4 is 0 Å². The number of ether oxygens (including phenoxy) is 1. The maximum Gasteiger partial charge on any atom is 0.223 e. The summed E-state index contributed by atoms with van der Waals surface area (Å²) in [6.07, 6.45) is 8.43. The van der Waals surface area contributed by atoms with E-state index in [4.69, 9.17) is 4.74 Å². The smallest absolute Gasteiger partial charge is 0.223 e. The van der Waals surface area contributed by atoms with Crippen molar-refractivity contribution in [2.75, 3.05) is 14.2 Å². The van der Waals surface area contributed by atoms with Crippen LogP contribution in [0.1, 0.15) is 13.3 Å². The van der Waals surface area contributed by atoms with Gasteiger partial charge in [0.1, 0.15) is 0 Å². The van der Waals surface area contributed by atoms with E-state index in [1.807, 2.05) is 24.3 Å². The molecular weight excluding hydrogens is 178 g/mol. The van der Waals surface area contributed by atoms with Crippen LogP contribution in [0.2, 0.25) is 0 Å². The summed E-state index contributed by atoms with van der Waals surface area (Å²) in [6.45, 7) is 1.54. The molecule has 0 aromatic carbocycles. The summed E-state index contributed by atoms with van der Waals surface area (Å²) >= 11 is 0. The lowest BCUT2D eigenvalue weighted by Crippen LogP contribution is -2.21. The molecule has 1 amide bonds. The van der Waals surface area contributed by atoms with E-state index in [-0.39, 0.29) is 5.91 Å². The average Bonchev–Trinajstić information content (AvgIpc) is 2.41. The van der Waals surface area contributed by atoms with Crippen molar-refractivity contribution in [2.45, 2.75) is 13.3 Å². The highest BCUT2D eigenvalue weighted by Gasteiger charge is 2.07. The second-order valence-corrected chi connectivity index (χ2v) is 3.11. The predicted octanol–water partition coefficient (Wildman–Crippen LogP) is 1.84. The van der Waals surface area contributed by atoms with Crippen molar-refractivity contribution in [2.24, 2.45) is 0 Å². The summed E-state index contributed by atoms with van der Waals surface area (Å²) in [5.74, 6) is 0.920. The van der Waals surface area contributed by atoms with Crippen molar-refractivity contribution in [1.82, 2.24) is 4.90 Å². The minimum Gasteiger partial charge on any atom is -0.501 e. The van der Waals surface area contributed by atoms with Crippen LogP contribution in [-0.2, 0) is 9.53 Å². The lowest BCUT2D eigenvalue weighted by atomic mass is 10.3. The van der Waals surface area contributed by atoms with Gasteiger partial charge < -0.3 is 9.64 Å². The monoisotopic (exact) mass is 193 g/mol. The lowest BCUT2D eigenvalue weighted by Gasteiger charge is -2.14. The molecule has 76 valence electrons. The Labute approximate surface area is 84.3 Å². The van der Waals surface area contributed by atoms with Gasteiger partial charge in [0.05, 0.1) is 12.9 Å². The van der Waals surface area contributed by atoms with Gasteiger partial charge in [0, 0.05) is 26.1 Å². The predicted molar refractivity (Wildman–Crippen MR) is 55.4 cm³/mol. The second-order valence-electron chi connectivity index (χ2n) is 3.11. The summed E-state index contributed by atoms with van der Waals surface area (Å²) in [6, 6.07) is 0. The van der Waals surface area contributed by atoms with Crippen molar-refractivity contribution in [3.05, 3.63) is 35.8 Å². The van der Waals surface area contributed by atoms with E-state index in [1.165, 1.54) is 0 Å². The molecule has 0 aliphatic heterocycles. The number of methoxy groups -OCH3 is 1. The normalized spacial score (nSPS) is 15.4. The highest BCUT2D eigenvalue weighted by molar-refractivity contribution is 5.75. The minimum absolute atomic E-state index is 0.0233. The third kappa shape index (κ3) is 2.49. The Morgan fingerprint density at radius 3 is 2.79 bits per heavy atom. The van der Waals surface area contributed by atoms with Gasteiger partial charge in [-0.1, -0.05) is 6.08 Å². The number of allylic oxidation sites excluding steroid dienone is 4. The third-order valence-electron chi connectivity index (χ3n) is 2.17. The molecule has 0 bridgehead atoms. The number of amides is 1. The molecule has 1 aliphatic rings. The highest BCUT2D eigenvalue weighted by atomic mass is 16.5. The summed E-state index contributed by atoms with van der Waals surface area (Å²) in [5.41, 5.74) is 0.879. The van der Waals surface area contributed by atoms with Crippen LogP contribution in [0.4, 0.5) is 0 Å². The maximum absolute atomic E-state index is 11.1. The van der Waals surface area contributed by atoms with E-state index < -0.39 is 0 Å². The Balaban J connectivity index is 2.85. The highest BCUT2D eigenvalue weighted by Crippen LogP contribution is 2.13. The Morgan fingerprint density at radius 2 is 2.21 bits per heavy atom. The first kappa shape index (κ1) is 10.6. The zero-order valence-electron chi connectivity index (χ0n) is 8.78. The molecule has 0 N–H and O–H groups in total. The molecule has 0 fully saturated rings. The Hall–Kier alpha value is -1.51. The van der Waals surface area contributed by atoms with E-state index >= 15 is 0 Å². The van der Waals surface area contributed by atoms with Crippen LogP contribution in [0.15, 0.2) is 35.8 Å². The van der Waals surface area contributed by atoms with E-state index in [2.05, 4.69) is 0 Å². The Bertz CT molecular complexity index is 313. The van der Waals surface area contributed by atoms with Gasteiger partial charge in [0.15, 0.2) is 0 Å². The topological polar surface area (TPSA) is 29.5 Å². The van der Waals surface area contributed by atoms with Gasteiger partial charge in [0.25, 0.3) is 0 Å². The van der Waals surface area contributed by atoms with E-state index in [0.29, 0.717) is 0 Å². The first-order valence-electron chi connectivity index (χ1n) is 4.51. The molecule has 0 aromatic heterocycles. The van der Waals surface area contributed by atoms with E-state index in [1.54, 1.807) is 26.0 Å². The van der Waals surface area contributed by atoms with E-state index in [0.717, 1.165) is 17.9 Å². The zero-order valence-corrected chi connectivity index (χ0v) is 8.78. The fourth-order valence-corrected chi connectivity index (χ4v) is 1.15. The minimum atomic E-state index is 0.0233. The summed E-state index contributed by atoms with van der Waals surface area (Å²) in [7, 11) is 3.40. The van der Waals surface area contributed by atoms with Crippen molar-refractivity contribution >= 4 is 5.91 Å². The number of likely N-dealkylation sites (N-methyl/N-ethyl adjacent to an activating group) is 1. The molecule has 0 saturated carbocycles. The fourth-order valence-electron chi connectivity index (χ4n) is 1.15. The molecule has 0 atom stereocenters. The molecule has 0 aromatic rings. The second kappa shape index (κ2) is 4.65. The van der Waals surface area contributed by atoms with Crippen LogP contribution in [0.3, 0.4) is 0 Å². The van der Waals surface area contributed by atoms with Crippen molar-refractivity contribution in [3.8, 4) is 0 Å². The van der Waals surface area contributed by atoms with Gasteiger partial charge in [-0.3, -0.25) is 4.79 Å². The molecule has 0 saturated heterocycles. The largest absolute Gasteiger partial charge is 0.501 e. The number of carbonyl (C=O) groups excluding carboxylic acids is 1. The Kier molecular flexibility index (Phi) is 3.51. The number of nitrogens with zero attached hydrogens (tertiary/aromatic N) is 1. The Morgan fingerprint density at radius 1 is 1.50 bits per heavy atom. The van der Waals surface area contributed by atoms with Crippen LogP contribution in [0.5, 0.6) is 0 Å². The van der Waals surface area contributed by atoms with Gasteiger partial charge in [-0.2, -0.15) is 0 Å². The van der Waals surface area contributed by atoms with Gasteiger partial charge in [-0.25, -0.2) is 0 Å². The molecule has 1 aliphatic carbocycles. The molecule has 3 heteroatoms. The van der Waals surface area contributed by atoms with Crippen LogP contribution in [-0.4, -0.2) is 25.0 Å². The van der Waals surface area contributed by atoms with Crippen LogP contribution in [0.25, 0.3) is 0 Å². The van der Waals surface area contributed by atoms with E-state index in [9.17, 15) is 4.79 Å². The van der Waals surface area contributed by atoms with Crippen molar-refractivity contribution in [1.29, 1.82) is 0 Å². The molecule has 0 unspecified atom stereocenters. The molecule has 0 spiro atoms. The number of hydrogen-bond donors (Lipinski definition) is 0. The van der Waals surface area contributed by atoms with Gasteiger partial charge in [0.2, 0.25) is 5.91 Å². The lowest BCUT2D eigenvalue weighted by molar-refractivity contribution is -0.125. The molecule has 14 heavy (non-hydrogen) atoms.